The second-order valence-corrected chi connectivity index (χ2v) is 4.91. The molecule has 0 aliphatic heterocycles. The molecule has 1 aliphatic carbocycles. The molecule has 1 fully saturated rings. The molecule has 1 aliphatic rings. The quantitative estimate of drug-likeness (QED) is 0.904. The third-order valence-electron chi connectivity index (χ3n) is 2.98. The molecule has 0 unspecified atom stereocenters. The van der Waals surface area contributed by atoms with Crippen molar-refractivity contribution in [3.05, 3.63) is 34.6 Å². The number of halogens is 2. The van der Waals surface area contributed by atoms with Gasteiger partial charge in [-0.15, -0.1) is 0 Å². The summed E-state index contributed by atoms with van der Waals surface area (Å²) in [6, 6.07) is 3.86. The monoisotopic (exact) mass is 285 g/mol. The minimum absolute atomic E-state index is 0.0932. The second-order valence-electron chi connectivity index (χ2n) is 4.50. The third-order valence-corrected chi connectivity index (χ3v) is 3.27. The first-order chi connectivity index (χ1) is 8.99. The Hall–Kier alpha value is -1.62. The highest BCUT2D eigenvalue weighted by atomic mass is 35.5. The summed E-state index contributed by atoms with van der Waals surface area (Å²) in [5.74, 6) is -1.83. The lowest BCUT2D eigenvalue weighted by atomic mass is 10.2. The minimum Gasteiger partial charge on any atom is -0.481 e. The van der Waals surface area contributed by atoms with Crippen molar-refractivity contribution in [2.24, 2.45) is 0 Å². The molecule has 0 spiro atoms. The Kier molecular flexibility index (Phi) is 4.04. The molecular formula is C13H13ClFNO3. The van der Waals surface area contributed by atoms with E-state index in [-0.39, 0.29) is 35.5 Å². The topological polar surface area (TPSA) is 57.6 Å². The van der Waals surface area contributed by atoms with Crippen LogP contribution in [0.1, 0.15) is 29.6 Å². The summed E-state index contributed by atoms with van der Waals surface area (Å²) in [6.45, 7) is 0.161. The van der Waals surface area contributed by atoms with Crippen LogP contribution < -0.4 is 0 Å². The molecular weight excluding hydrogens is 273 g/mol. The Morgan fingerprint density at radius 1 is 1.42 bits per heavy atom. The normalized spacial score (nSPS) is 14.2. The summed E-state index contributed by atoms with van der Waals surface area (Å²) in [5, 5.41) is 8.58. The number of carboxylic acids is 1. The SMILES string of the molecule is O=C(O)CCN(C(=O)c1ccc(F)c(Cl)c1)C1CC1. The highest BCUT2D eigenvalue weighted by Gasteiger charge is 2.33. The molecule has 1 saturated carbocycles. The predicted octanol–water partition coefficient (Wildman–Crippen LogP) is 2.56. The van der Waals surface area contributed by atoms with Crippen LogP contribution in [0.5, 0.6) is 0 Å². The fourth-order valence-corrected chi connectivity index (χ4v) is 2.03. The van der Waals surface area contributed by atoms with E-state index < -0.39 is 11.8 Å². The van der Waals surface area contributed by atoms with E-state index >= 15 is 0 Å². The van der Waals surface area contributed by atoms with Crippen molar-refractivity contribution in [3.8, 4) is 0 Å². The Morgan fingerprint density at radius 2 is 2.11 bits per heavy atom. The van der Waals surface area contributed by atoms with Gasteiger partial charge >= 0.3 is 5.97 Å². The molecule has 1 aromatic carbocycles. The first kappa shape index (κ1) is 13.8. The van der Waals surface area contributed by atoms with Crippen molar-refractivity contribution < 1.29 is 19.1 Å². The van der Waals surface area contributed by atoms with Crippen LogP contribution in [-0.2, 0) is 4.79 Å². The van der Waals surface area contributed by atoms with Gasteiger partial charge in [-0.2, -0.15) is 0 Å². The van der Waals surface area contributed by atoms with Gasteiger partial charge in [0.25, 0.3) is 5.91 Å². The average Bonchev–Trinajstić information content (AvgIpc) is 3.16. The zero-order chi connectivity index (χ0) is 14.0. The number of hydrogen-bond donors (Lipinski definition) is 1. The number of amides is 1. The number of hydrogen-bond acceptors (Lipinski definition) is 2. The summed E-state index contributed by atoms with van der Waals surface area (Å²) in [4.78, 5) is 24.4. The first-order valence-corrected chi connectivity index (χ1v) is 6.34. The number of carboxylic acid groups (broad SMARTS) is 1. The summed E-state index contributed by atoms with van der Waals surface area (Å²) < 4.78 is 13.1. The van der Waals surface area contributed by atoms with Crippen molar-refractivity contribution in [2.75, 3.05) is 6.54 Å². The summed E-state index contributed by atoms with van der Waals surface area (Å²) >= 11 is 5.65. The standard InChI is InChI=1S/C13H13ClFNO3/c14-10-7-8(1-4-11(10)15)13(19)16(9-2-3-9)6-5-12(17)18/h1,4,7,9H,2-3,5-6H2,(H,17,18). The number of rotatable bonds is 5. The average molecular weight is 286 g/mol. The molecule has 0 bridgehead atoms. The zero-order valence-electron chi connectivity index (χ0n) is 10.1. The van der Waals surface area contributed by atoms with Crippen molar-refractivity contribution in [1.82, 2.24) is 4.90 Å². The smallest absolute Gasteiger partial charge is 0.305 e. The van der Waals surface area contributed by atoms with Gasteiger partial charge in [-0.3, -0.25) is 9.59 Å². The maximum atomic E-state index is 13.1. The van der Waals surface area contributed by atoms with Gasteiger partial charge in [0.2, 0.25) is 0 Å². The van der Waals surface area contributed by atoms with Crippen LogP contribution in [0.4, 0.5) is 4.39 Å². The molecule has 0 radical (unpaired) electrons. The van der Waals surface area contributed by atoms with Gasteiger partial charge in [-0.25, -0.2) is 4.39 Å². The van der Waals surface area contributed by atoms with E-state index in [1.807, 2.05) is 0 Å². The molecule has 6 heteroatoms. The molecule has 0 saturated heterocycles. The van der Waals surface area contributed by atoms with Crippen molar-refractivity contribution in [2.45, 2.75) is 25.3 Å². The predicted molar refractivity (Wildman–Crippen MR) is 67.7 cm³/mol. The number of nitrogens with zero attached hydrogens (tertiary/aromatic N) is 1. The molecule has 1 N–H and O–H groups in total. The first-order valence-electron chi connectivity index (χ1n) is 5.97. The van der Waals surface area contributed by atoms with E-state index in [2.05, 4.69) is 0 Å². The van der Waals surface area contributed by atoms with E-state index in [1.165, 1.54) is 17.0 Å². The van der Waals surface area contributed by atoms with Crippen LogP contribution in [0.15, 0.2) is 18.2 Å². The Labute approximate surface area is 114 Å². The van der Waals surface area contributed by atoms with Gasteiger partial charge < -0.3 is 10.0 Å². The fourth-order valence-electron chi connectivity index (χ4n) is 1.85. The van der Waals surface area contributed by atoms with Gasteiger partial charge in [0.05, 0.1) is 11.4 Å². The van der Waals surface area contributed by atoms with Crippen LogP contribution in [0, 0.1) is 5.82 Å². The van der Waals surface area contributed by atoms with Crippen LogP contribution in [0.25, 0.3) is 0 Å². The van der Waals surface area contributed by atoms with E-state index in [0.717, 1.165) is 18.9 Å². The lowest BCUT2D eigenvalue weighted by Crippen LogP contribution is -2.35. The van der Waals surface area contributed by atoms with Gasteiger partial charge in [0, 0.05) is 18.2 Å². The summed E-state index contributed by atoms with van der Waals surface area (Å²) in [7, 11) is 0. The lowest BCUT2D eigenvalue weighted by Gasteiger charge is -2.21. The van der Waals surface area contributed by atoms with Crippen LogP contribution in [0.3, 0.4) is 0 Å². The van der Waals surface area contributed by atoms with Crippen LogP contribution in [-0.4, -0.2) is 34.5 Å². The van der Waals surface area contributed by atoms with E-state index in [9.17, 15) is 14.0 Å². The fraction of sp³-hybridized carbons (Fsp3) is 0.385. The third kappa shape index (κ3) is 3.44. The molecule has 2 rings (SSSR count). The second kappa shape index (κ2) is 5.57. The maximum Gasteiger partial charge on any atom is 0.305 e. The van der Waals surface area contributed by atoms with Crippen LogP contribution >= 0.6 is 11.6 Å². The number of aliphatic carboxylic acids is 1. The Balaban J connectivity index is 2.14. The zero-order valence-corrected chi connectivity index (χ0v) is 10.9. The number of benzene rings is 1. The maximum absolute atomic E-state index is 13.1. The van der Waals surface area contributed by atoms with E-state index in [4.69, 9.17) is 16.7 Å². The molecule has 1 aromatic rings. The summed E-state index contributed by atoms with van der Waals surface area (Å²) in [5.41, 5.74) is 0.281. The molecule has 1 amide bonds. The van der Waals surface area contributed by atoms with Crippen molar-refractivity contribution in [1.29, 1.82) is 0 Å². The van der Waals surface area contributed by atoms with Gasteiger partial charge in [0.15, 0.2) is 0 Å². The van der Waals surface area contributed by atoms with Gasteiger partial charge in [-0.05, 0) is 31.0 Å². The molecule has 0 heterocycles. The molecule has 102 valence electrons. The van der Waals surface area contributed by atoms with Crippen molar-refractivity contribution in [3.63, 3.8) is 0 Å². The van der Waals surface area contributed by atoms with Crippen molar-refractivity contribution >= 4 is 23.5 Å². The Morgan fingerprint density at radius 3 is 2.63 bits per heavy atom. The molecule has 0 atom stereocenters. The van der Waals surface area contributed by atoms with E-state index in [1.54, 1.807) is 0 Å². The van der Waals surface area contributed by atoms with E-state index in [0.29, 0.717) is 0 Å². The largest absolute Gasteiger partial charge is 0.481 e. The lowest BCUT2D eigenvalue weighted by molar-refractivity contribution is -0.137. The minimum atomic E-state index is -0.949. The van der Waals surface area contributed by atoms with Crippen LogP contribution in [0.2, 0.25) is 5.02 Å². The number of carbonyl (C=O) groups excluding carboxylic acids is 1. The summed E-state index contributed by atoms with van der Waals surface area (Å²) in [6.07, 6.45) is 1.65. The number of carbonyl (C=O) groups is 2. The molecule has 19 heavy (non-hydrogen) atoms. The highest BCUT2D eigenvalue weighted by molar-refractivity contribution is 6.31. The molecule has 4 nitrogen and oxygen atoms in total. The van der Waals surface area contributed by atoms with Gasteiger partial charge in [0.1, 0.15) is 5.82 Å². The highest BCUT2D eigenvalue weighted by Crippen LogP contribution is 2.29. The molecule has 0 aromatic heterocycles. The Bertz CT molecular complexity index is 517. The van der Waals surface area contributed by atoms with Gasteiger partial charge in [-0.1, -0.05) is 11.6 Å².